The van der Waals surface area contributed by atoms with Gasteiger partial charge in [0.15, 0.2) is 0 Å². The Bertz CT molecular complexity index is 632. The Balaban J connectivity index is 2.39. The van der Waals surface area contributed by atoms with Gasteiger partial charge in [-0.3, -0.25) is 0 Å². The number of hydrogen-bond donors (Lipinski definition) is 3. The highest BCUT2D eigenvalue weighted by atomic mass is 19.4. The second-order valence-corrected chi connectivity index (χ2v) is 4.09. The lowest BCUT2D eigenvalue weighted by Crippen LogP contribution is -2.12. The quantitative estimate of drug-likeness (QED) is 0.597. The summed E-state index contributed by atoms with van der Waals surface area (Å²) in [6.45, 7) is -0.308. The van der Waals surface area contributed by atoms with E-state index >= 15 is 0 Å². The van der Waals surface area contributed by atoms with Gasteiger partial charge in [-0.05, 0) is 12.1 Å². The summed E-state index contributed by atoms with van der Waals surface area (Å²) in [5, 5.41) is 9.17. The summed E-state index contributed by atoms with van der Waals surface area (Å²) >= 11 is 0. The lowest BCUT2D eigenvalue weighted by Gasteiger charge is -2.13. The third kappa shape index (κ3) is 3.61. The number of ether oxygens (including phenoxy) is 1. The molecule has 0 aliphatic carbocycles. The highest BCUT2D eigenvalue weighted by molar-refractivity contribution is 5.43. The van der Waals surface area contributed by atoms with Crippen molar-refractivity contribution in [1.82, 2.24) is 4.98 Å². The maximum atomic E-state index is 12.8. The van der Waals surface area contributed by atoms with Gasteiger partial charge in [0.2, 0.25) is 5.88 Å². The number of nitrogens with one attached hydrogen (secondary N) is 1. The monoisotopic (exact) mass is 299 g/mol. The minimum Gasteiger partial charge on any atom is -0.439 e. The van der Waals surface area contributed by atoms with Gasteiger partial charge in [0.1, 0.15) is 11.6 Å². The van der Waals surface area contributed by atoms with E-state index in [4.69, 9.17) is 15.7 Å². The molecule has 8 heteroatoms. The number of nitrogen functional groups attached to an aromatic ring is 1. The van der Waals surface area contributed by atoms with Crippen molar-refractivity contribution in [2.24, 2.45) is 5.84 Å². The van der Waals surface area contributed by atoms with Crippen LogP contribution in [0.25, 0.3) is 0 Å². The molecule has 2 aromatic rings. The van der Waals surface area contributed by atoms with Gasteiger partial charge in [0.25, 0.3) is 0 Å². The molecule has 4 N–H and O–H groups in total. The van der Waals surface area contributed by atoms with Gasteiger partial charge in [0.05, 0.1) is 12.2 Å². The molecule has 0 fully saturated rings. The molecule has 0 aliphatic rings. The second-order valence-electron chi connectivity index (χ2n) is 4.09. The van der Waals surface area contributed by atoms with Crippen LogP contribution < -0.4 is 16.0 Å². The van der Waals surface area contributed by atoms with Crippen LogP contribution in [-0.4, -0.2) is 10.1 Å². The number of hydrogen-bond acceptors (Lipinski definition) is 5. The van der Waals surface area contributed by atoms with Crippen molar-refractivity contribution in [1.29, 1.82) is 0 Å². The number of para-hydroxylation sites is 1. The Labute approximate surface area is 118 Å². The van der Waals surface area contributed by atoms with E-state index in [2.05, 4.69) is 10.4 Å². The third-order valence-corrected chi connectivity index (χ3v) is 2.63. The number of anilines is 1. The predicted octanol–water partition coefficient (Wildman–Crippen LogP) is 2.67. The number of rotatable bonds is 4. The zero-order chi connectivity index (χ0) is 15.5. The highest BCUT2D eigenvalue weighted by Crippen LogP contribution is 2.34. The van der Waals surface area contributed by atoms with Crippen LogP contribution in [0.3, 0.4) is 0 Å². The van der Waals surface area contributed by atoms with Crippen LogP contribution >= 0.6 is 0 Å². The molecule has 0 radical (unpaired) electrons. The van der Waals surface area contributed by atoms with E-state index in [1.807, 2.05) is 0 Å². The molecule has 0 unspecified atom stereocenters. The molecule has 0 saturated carbocycles. The van der Waals surface area contributed by atoms with Gasteiger partial charge >= 0.3 is 6.18 Å². The van der Waals surface area contributed by atoms with E-state index in [1.165, 1.54) is 6.07 Å². The summed E-state index contributed by atoms with van der Waals surface area (Å²) in [5.41, 5.74) is 1.54. The van der Waals surface area contributed by atoms with Gasteiger partial charge in [-0.1, -0.05) is 18.2 Å². The minimum absolute atomic E-state index is 0.179. The fourth-order valence-electron chi connectivity index (χ4n) is 1.64. The van der Waals surface area contributed by atoms with Crippen molar-refractivity contribution in [3.8, 4) is 11.6 Å². The van der Waals surface area contributed by atoms with E-state index in [0.717, 1.165) is 12.1 Å². The number of benzene rings is 1. The van der Waals surface area contributed by atoms with Crippen molar-refractivity contribution >= 4 is 5.82 Å². The molecule has 0 saturated heterocycles. The van der Waals surface area contributed by atoms with E-state index in [9.17, 15) is 13.2 Å². The van der Waals surface area contributed by atoms with Gasteiger partial charge in [0, 0.05) is 11.6 Å². The van der Waals surface area contributed by atoms with Gasteiger partial charge < -0.3 is 15.3 Å². The second kappa shape index (κ2) is 5.98. The molecule has 21 heavy (non-hydrogen) atoms. The lowest BCUT2D eigenvalue weighted by molar-refractivity contribution is -0.137. The van der Waals surface area contributed by atoms with Crippen LogP contribution in [0.4, 0.5) is 19.0 Å². The first-order valence-electron chi connectivity index (χ1n) is 5.86. The van der Waals surface area contributed by atoms with E-state index in [1.54, 1.807) is 18.2 Å². The van der Waals surface area contributed by atoms with Crippen molar-refractivity contribution in [3.63, 3.8) is 0 Å². The SMILES string of the molecule is NNc1cc(C(F)(F)F)cc(Oc2ccccc2CO)n1. The lowest BCUT2D eigenvalue weighted by atomic mass is 10.2. The van der Waals surface area contributed by atoms with Crippen molar-refractivity contribution in [2.45, 2.75) is 12.8 Å². The number of nitrogens with two attached hydrogens (primary N) is 1. The molecule has 0 bridgehead atoms. The Morgan fingerprint density at radius 3 is 2.57 bits per heavy atom. The molecule has 0 atom stereocenters. The average Bonchev–Trinajstić information content (AvgIpc) is 2.46. The smallest absolute Gasteiger partial charge is 0.416 e. The number of halogens is 3. The molecular weight excluding hydrogens is 287 g/mol. The first-order valence-corrected chi connectivity index (χ1v) is 5.86. The average molecular weight is 299 g/mol. The Morgan fingerprint density at radius 2 is 1.95 bits per heavy atom. The fraction of sp³-hybridized carbons (Fsp3) is 0.154. The first-order chi connectivity index (χ1) is 9.94. The number of aromatic nitrogens is 1. The maximum absolute atomic E-state index is 12.8. The molecule has 1 aromatic carbocycles. The van der Waals surface area contributed by atoms with Gasteiger partial charge in [-0.25, -0.2) is 5.84 Å². The van der Waals surface area contributed by atoms with Crippen LogP contribution in [0.2, 0.25) is 0 Å². The molecule has 0 aliphatic heterocycles. The Kier molecular flexibility index (Phi) is 4.29. The van der Waals surface area contributed by atoms with E-state index < -0.39 is 11.7 Å². The van der Waals surface area contributed by atoms with Crippen LogP contribution in [0, 0.1) is 0 Å². The molecular formula is C13H12F3N3O2. The molecule has 2 rings (SSSR count). The van der Waals surface area contributed by atoms with Crippen LogP contribution in [0.1, 0.15) is 11.1 Å². The third-order valence-electron chi connectivity index (χ3n) is 2.63. The topological polar surface area (TPSA) is 80.4 Å². The van der Waals surface area contributed by atoms with Crippen molar-refractivity contribution < 1.29 is 23.0 Å². The van der Waals surface area contributed by atoms with Gasteiger partial charge in [-0.2, -0.15) is 18.2 Å². The highest BCUT2D eigenvalue weighted by Gasteiger charge is 2.32. The summed E-state index contributed by atoms with van der Waals surface area (Å²) in [7, 11) is 0. The number of hydrazine groups is 1. The summed E-state index contributed by atoms with van der Waals surface area (Å²) in [5.74, 6) is 4.86. The molecule has 1 aromatic heterocycles. The summed E-state index contributed by atoms with van der Waals surface area (Å²) in [6, 6.07) is 7.93. The van der Waals surface area contributed by atoms with Crippen LogP contribution in [0.15, 0.2) is 36.4 Å². The largest absolute Gasteiger partial charge is 0.439 e. The fourth-order valence-corrected chi connectivity index (χ4v) is 1.64. The van der Waals surface area contributed by atoms with Gasteiger partial charge in [-0.15, -0.1) is 0 Å². The standard InChI is InChI=1S/C13H12F3N3O2/c14-13(15,16)9-5-11(19-17)18-12(6-9)21-10-4-2-1-3-8(10)7-20/h1-6,20H,7,17H2,(H,18,19). The molecule has 112 valence electrons. The number of alkyl halides is 3. The summed E-state index contributed by atoms with van der Waals surface area (Å²) in [4.78, 5) is 3.80. The Hall–Kier alpha value is -2.32. The molecule has 0 amide bonds. The Morgan fingerprint density at radius 1 is 1.24 bits per heavy atom. The number of nitrogens with zero attached hydrogens (tertiary/aromatic N) is 1. The van der Waals surface area contributed by atoms with E-state index in [-0.39, 0.29) is 24.1 Å². The summed E-state index contributed by atoms with van der Waals surface area (Å²) in [6.07, 6.45) is -4.55. The zero-order valence-corrected chi connectivity index (χ0v) is 10.7. The number of aliphatic hydroxyl groups is 1. The number of aliphatic hydroxyl groups excluding tert-OH is 1. The maximum Gasteiger partial charge on any atom is 0.416 e. The summed E-state index contributed by atoms with van der Waals surface area (Å²) < 4.78 is 43.6. The van der Waals surface area contributed by atoms with Crippen LogP contribution in [0.5, 0.6) is 11.6 Å². The molecule has 1 heterocycles. The van der Waals surface area contributed by atoms with E-state index in [0.29, 0.717) is 5.56 Å². The van der Waals surface area contributed by atoms with Crippen molar-refractivity contribution in [2.75, 3.05) is 5.43 Å². The van der Waals surface area contributed by atoms with Crippen molar-refractivity contribution in [3.05, 3.63) is 47.5 Å². The number of pyridine rings is 1. The first kappa shape index (κ1) is 15.1. The molecule has 5 nitrogen and oxygen atoms in total. The predicted molar refractivity (Wildman–Crippen MR) is 69.5 cm³/mol. The molecule has 0 spiro atoms. The zero-order valence-electron chi connectivity index (χ0n) is 10.7. The normalized spacial score (nSPS) is 11.3. The minimum atomic E-state index is -4.55. The van der Waals surface area contributed by atoms with Crippen LogP contribution in [-0.2, 0) is 12.8 Å².